The highest BCUT2D eigenvalue weighted by Crippen LogP contribution is 2.63. The van der Waals surface area contributed by atoms with Gasteiger partial charge in [0.05, 0.1) is 6.61 Å². The normalized spacial score (nSPS) is 21.1. The minimum absolute atomic E-state index is 0.0453. The summed E-state index contributed by atoms with van der Waals surface area (Å²) in [5.41, 5.74) is 0.490. The molecule has 2 heterocycles. The van der Waals surface area contributed by atoms with Gasteiger partial charge in [-0.2, -0.15) is 0 Å². The van der Waals surface area contributed by atoms with Gasteiger partial charge in [0.15, 0.2) is 5.16 Å². The van der Waals surface area contributed by atoms with Gasteiger partial charge in [-0.1, -0.05) is 30.3 Å². The molecule has 0 radical (unpaired) electrons. The van der Waals surface area contributed by atoms with Crippen molar-refractivity contribution in [1.82, 2.24) is 9.80 Å². The van der Waals surface area contributed by atoms with Crippen LogP contribution in [0.1, 0.15) is 73.3 Å². The van der Waals surface area contributed by atoms with Crippen molar-refractivity contribution in [3.8, 4) is 10.4 Å². The number of hydrogen-bond acceptors (Lipinski definition) is 9. The molecule has 1 aliphatic heterocycles. The number of carboxylic acids is 1. The molecular formula is C32H47N2O8PS. The molecule has 2 atom stereocenters. The molecule has 10 nitrogen and oxygen atoms in total. The SMILES string of the molecule is CCOP1(=O)CCN(Cc2ccccc2-c2cccs2)CC1(CCCCN(C(=O)OC(C)(C)C)C(=O)OC(C)(C)C)C(=O)O. The molecule has 0 spiro atoms. The molecule has 0 saturated carbocycles. The third-order valence-electron chi connectivity index (χ3n) is 7.23. The lowest BCUT2D eigenvalue weighted by molar-refractivity contribution is -0.141. The van der Waals surface area contributed by atoms with Gasteiger partial charge in [0.25, 0.3) is 0 Å². The summed E-state index contributed by atoms with van der Waals surface area (Å²) in [6, 6.07) is 12.1. The molecule has 1 fully saturated rings. The van der Waals surface area contributed by atoms with E-state index in [1.165, 1.54) is 0 Å². The van der Waals surface area contributed by atoms with Crippen LogP contribution in [0.4, 0.5) is 9.59 Å². The van der Waals surface area contributed by atoms with Gasteiger partial charge < -0.3 is 19.1 Å². The fraction of sp³-hybridized carbons (Fsp3) is 0.594. The Kier molecular flexibility index (Phi) is 11.9. The van der Waals surface area contributed by atoms with Crippen LogP contribution in [0.25, 0.3) is 10.4 Å². The Balaban J connectivity index is 1.81. The van der Waals surface area contributed by atoms with Crippen molar-refractivity contribution in [3.05, 3.63) is 47.3 Å². The second kappa shape index (κ2) is 14.6. The Morgan fingerprint density at radius 2 is 1.64 bits per heavy atom. The first-order valence-electron chi connectivity index (χ1n) is 15.0. The first kappa shape index (κ1) is 35.8. The highest BCUT2D eigenvalue weighted by molar-refractivity contribution is 7.62. The summed E-state index contributed by atoms with van der Waals surface area (Å²) in [4.78, 5) is 42.9. The van der Waals surface area contributed by atoms with Crippen molar-refractivity contribution in [2.24, 2.45) is 0 Å². The number of carbonyl (C=O) groups excluding carboxylic acids is 2. The van der Waals surface area contributed by atoms with Crippen LogP contribution in [0.2, 0.25) is 0 Å². The van der Waals surface area contributed by atoms with Gasteiger partial charge in [0.2, 0.25) is 7.37 Å². The predicted molar refractivity (Wildman–Crippen MR) is 173 cm³/mol. The lowest BCUT2D eigenvalue weighted by Gasteiger charge is -2.45. The van der Waals surface area contributed by atoms with Crippen LogP contribution in [-0.4, -0.2) is 81.8 Å². The molecular weight excluding hydrogens is 603 g/mol. The zero-order chi connectivity index (χ0) is 32.8. The molecule has 0 aliphatic carbocycles. The molecule has 2 aromatic rings. The number of carboxylic acid groups (broad SMARTS) is 1. The van der Waals surface area contributed by atoms with E-state index in [9.17, 15) is 24.1 Å². The van der Waals surface area contributed by atoms with Crippen molar-refractivity contribution in [2.45, 2.75) is 90.6 Å². The highest BCUT2D eigenvalue weighted by Gasteiger charge is 2.58. The van der Waals surface area contributed by atoms with E-state index in [1.807, 2.05) is 34.5 Å². The van der Waals surface area contributed by atoms with Crippen LogP contribution < -0.4 is 0 Å². The van der Waals surface area contributed by atoms with E-state index >= 15 is 0 Å². The number of thiophene rings is 1. The zero-order valence-electron chi connectivity index (χ0n) is 27.0. The summed E-state index contributed by atoms with van der Waals surface area (Å²) in [7, 11) is -3.61. The van der Waals surface area contributed by atoms with Crippen LogP contribution in [0.5, 0.6) is 0 Å². The lowest BCUT2D eigenvalue weighted by atomic mass is 9.98. The summed E-state index contributed by atoms with van der Waals surface area (Å²) in [5.74, 6) is -1.17. The molecule has 244 valence electrons. The van der Waals surface area contributed by atoms with Gasteiger partial charge in [-0.05, 0) is 90.3 Å². The van der Waals surface area contributed by atoms with E-state index in [0.29, 0.717) is 13.1 Å². The van der Waals surface area contributed by atoms with Crippen molar-refractivity contribution in [3.63, 3.8) is 0 Å². The summed E-state index contributed by atoms with van der Waals surface area (Å²) in [6.07, 6.45) is -0.956. The number of amides is 2. The molecule has 2 unspecified atom stereocenters. The first-order chi connectivity index (χ1) is 20.5. The van der Waals surface area contributed by atoms with Crippen molar-refractivity contribution >= 4 is 36.9 Å². The van der Waals surface area contributed by atoms with E-state index in [4.69, 9.17) is 14.0 Å². The Morgan fingerprint density at radius 3 is 2.18 bits per heavy atom. The van der Waals surface area contributed by atoms with Crippen LogP contribution in [-0.2, 0) is 29.9 Å². The number of aliphatic carboxylic acids is 1. The third-order valence-corrected chi connectivity index (χ3v) is 11.5. The van der Waals surface area contributed by atoms with Gasteiger partial charge in [0.1, 0.15) is 11.2 Å². The fourth-order valence-corrected chi connectivity index (χ4v) is 9.06. The lowest BCUT2D eigenvalue weighted by Crippen LogP contribution is -2.54. The van der Waals surface area contributed by atoms with E-state index < -0.39 is 41.9 Å². The van der Waals surface area contributed by atoms with Gasteiger partial charge in [0, 0.05) is 37.2 Å². The average molecular weight is 651 g/mol. The van der Waals surface area contributed by atoms with Crippen LogP contribution in [0.3, 0.4) is 0 Å². The number of hydrogen-bond donors (Lipinski definition) is 1. The Bertz CT molecular complexity index is 1310. The van der Waals surface area contributed by atoms with Gasteiger partial charge in [-0.3, -0.25) is 14.3 Å². The van der Waals surface area contributed by atoms with E-state index in [0.717, 1.165) is 20.9 Å². The number of imide groups is 1. The number of nitrogens with zero attached hydrogens (tertiary/aromatic N) is 2. The molecule has 2 amide bonds. The predicted octanol–water partition coefficient (Wildman–Crippen LogP) is 7.71. The first-order valence-corrected chi connectivity index (χ1v) is 17.7. The molecule has 0 bridgehead atoms. The smallest absolute Gasteiger partial charge is 0.419 e. The van der Waals surface area contributed by atoms with Crippen LogP contribution in [0.15, 0.2) is 41.8 Å². The van der Waals surface area contributed by atoms with E-state index in [1.54, 1.807) is 59.8 Å². The van der Waals surface area contributed by atoms with Crippen LogP contribution >= 0.6 is 18.7 Å². The topological polar surface area (TPSA) is 123 Å². The quantitative estimate of drug-likeness (QED) is 0.192. The Morgan fingerprint density at radius 1 is 1.00 bits per heavy atom. The number of carbonyl (C=O) groups is 3. The standard InChI is InChI=1S/C32H47N2O8PS/c1-8-40-43(39)20-19-33(22-24-14-9-10-15-25(24)26-16-13-21-44-26)23-32(43,27(35)36)17-11-12-18-34(28(37)41-30(2,3)4)29(38)42-31(5,6)7/h9-10,13-16,21H,8,11-12,17-20,22-23H2,1-7H3,(H,35,36). The molecule has 1 aliphatic rings. The Hall–Kier alpha value is -2.72. The largest absolute Gasteiger partial charge is 0.480 e. The highest BCUT2D eigenvalue weighted by atomic mass is 32.1. The van der Waals surface area contributed by atoms with Gasteiger partial charge in [-0.25, -0.2) is 14.5 Å². The van der Waals surface area contributed by atoms with Crippen molar-refractivity contribution in [1.29, 1.82) is 0 Å². The summed E-state index contributed by atoms with van der Waals surface area (Å²) >= 11 is 1.64. The van der Waals surface area contributed by atoms with Gasteiger partial charge in [-0.15, -0.1) is 11.3 Å². The molecule has 1 N–H and O–H groups in total. The molecule has 44 heavy (non-hydrogen) atoms. The number of unbranched alkanes of at least 4 members (excludes halogenated alkanes) is 1. The summed E-state index contributed by atoms with van der Waals surface area (Å²) in [5, 5.41) is 11.0. The molecule has 1 aromatic heterocycles. The average Bonchev–Trinajstić information content (AvgIpc) is 3.43. The summed E-state index contributed by atoms with van der Waals surface area (Å²) < 4.78 is 30.9. The summed E-state index contributed by atoms with van der Waals surface area (Å²) in [6.45, 7) is 13.0. The van der Waals surface area contributed by atoms with Crippen LogP contribution in [0, 0.1) is 0 Å². The van der Waals surface area contributed by atoms with Crippen molar-refractivity contribution in [2.75, 3.05) is 32.4 Å². The zero-order valence-corrected chi connectivity index (χ0v) is 28.7. The minimum Gasteiger partial charge on any atom is -0.480 e. The van der Waals surface area contributed by atoms with Gasteiger partial charge >= 0.3 is 18.2 Å². The Labute approximate surface area is 265 Å². The fourth-order valence-electron chi connectivity index (χ4n) is 5.29. The maximum absolute atomic E-state index is 14.3. The maximum Gasteiger partial charge on any atom is 0.419 e. The van der Waals surface area contributed by atoms with E-state index in [2.05, 4.69) is 12.1 Å². The number of benzene rings is 1. The number of ether oxygens (including phenoxy) is 2. The second-order valence-electron chi connectivity index (χ2n) is 13.1. The molecule has 12 heteroatoms. The van der Waals surface area contributed by atoms with E-state index in [-0.39, 0.29) is 45.1 Å². The third kappa shape index (κ3) is 9.16. The minimum atomic E-state index is -3.61. The maximum atomic E-state index is 14.3. The van der Waals surface area contributed by atoms with Crippen molar-refractivity contribution < 1.29 is 38.1 Å². The molecule has 3 rings (SSSR count). The molecule has 1 aromatic carbocycles. The molecule has 1 saturated heterocycles. The number of rotatable bonds is 11. The second-order valence-corrected chi connectivity index (χ2v) is 16.9. The monoisotopic (exact) mass is 650 g/mol.